The van der Waals surface area contributed by atoms with Crippen molar-refractivity contribution in [3.63, 3.8) is 0 Å². The number of rotatable bonds is 3. The largest absolute Gasteiger partial charge is 0.323 e. The third kappa shape index (κ3) is 2.81. The highest BCUT2D eigenvalue weighted by Crippen LogP contribution is 2.25. The summed E-state index contributed by atoms with van der Waals surface area (Å²) < 4.78 is 1.82. The Kier molecular flexibility index (Phi) is 4.11. The van der Waals surface area contributed by atoms with Crippen molar-refractivity contribution in [2.45, 2.75) is 6.92 Å². The van der Waals surface area contributed by atoms with Crippen molar-refractivity contribution in [1.82, 2.24) is 14.8 Å². The molecule has 4 rings (SSSR count). The van der Waals surface area contributed by atoms with Crippen LogP contribution in [0.1, 0.15) is 22.4 Å². The molecule has 2 aromatic carbocycles. The monoisotopic (exact) mass is 352 g/mol. The lowest BCUT2D eigenvalue weighted by atomic mass is 9.99. The van der Waals surface area contributed by atoms with Gasteiger partial charge in [-0.25, -0.2) is 9.67 Å². The number of fused-ring (bicyclic) bond motifs is 1. The molecule has 0 aliphatic heterocycles. The van der Waals surface area contributed by atoms with E-state index in [1.807, 2.05) is 60.1 Å². The van der Waals surface area contributed by atoms with Crippen molar-refractivity contribution in [3.8, 4) is 11.8 Å². The maximum atomic E-state index is 9.01. The van der Waals surface area contributed by atoms with E-state index in [0.29, 0.717) is 11.3 Å². The summed E-state index contributed by atoms with van der Waals surface area (Å²) in [6.07, 6.45) is 1.73. The highest BCUT2D eigenvalue weighted by molar-refractivity contribution is 6.19. The van der Waals surface area contributed by atoms with Gasteiger partial charge in [0.2, 0.25) is 0 Å². The molecule has 6 heteroatoms. The number of nitrogens with two attached hydrogens (primary N) is 1. The molecule has 0 amide bonds. The number of hydrazone groups is 1. The van der Waals surface area contributed by atoms with Gasteiger partial charge >= 0.3 is 0 Å². The maximum Gasteiger partial charge on any atom is 0.163 e. The summed E-state index contributed by atoms with van der Waals surface area (Å²) in [5.74, 6) is 5.74. The fourth-order valence-electron chi connectivity index (χ4n) is 3.16. The fraction of sp³-hybridized carbons (Fsp3) is 0.0476. The molecule has 0 unspecified atom stereocenters. The van der Waals surface area contributed by atoms with Crippen LogP contribution in [0.4, 0.5) is 0 Å². The van der Waals surface area contributed by atoms with Crippen molar-refractivity contribution < 1.29 is 0 Å². The van der Waals surface area contributed by atoms with Gasteiger partial charge in [-0.2, -0.15) is 15.5 Å². The van der Waals surface area contributed by atoms with Gasteiger partial charge in [-0.1, -0.05) is 30.3 Å². The SMILES string of the molecule is Cc1nn(-c2ccccc2)c2nccc(/C(=N/N)c3ccc(C#N)cc3)c12. The third-order valence-electron chi connectivity index (χ3n) is 4.42. The Morgan fingerprint density at radius 1 is 1.07 bits per heavy atom. The first-order valence-electron chi connectivity index (χ1n) is 8.41. The standard InChI is InChI=1S/C21H16N6/c1-14-19-18(20(25-23)16-9-7-15(13-22)8-10-16)11-12-24-21(19)27(26-14)17-5-3-2-4-6-17/h2-12H,23H2,1H3/b25-20+. The van der Waals surface area contributed by atoms with Crippen LogP contribution in [0.2, 0.25) is 0 Å². The lowest BCUT2D eigenvalue weighted by Gasteiger charge is -2.08. The van der Waals surface area contributed by atoms with Gasteiger partial charge in [0.25, 0.3) is 0 Å². The zero-order chi connectivity index (χ0) is 18.8. The van der Waals surface area contributed by atoms with Gasteiger partial charge < -0.3 is 5.84 Å². The van der Waals surface area contributed by atoms with E-state index in [2.05, 4.69) is 21.3 Å². The topological polar surface area (TPSA) is 92.9 Å². The number of nitrogens with zero attached hydrogens (tertiary/aromatic N) is 5. The molecule has 0 radical (unpaired) electrons. The summed E-state index contributed by atoms with van der Waals surface area (Å²) in [5, 5.41) is 18.6. The number of aryl methyl sites for hydroxylation is 1. The Morgan fingerprint density at radius 3 is 2.48 bits per heavy atom. The second kappa shape index (κ2) is 6.73. The first-order chi connectivity index (χ1) is 13.2. The molecule has 0 saturated carbocycles. The average Bonchev–Trinajstić information content (AvgIpc) is 3.07. The minimum absolute atomic E-state index is 0.586. The smallest absolute Gasteiger partial charge is 0.163 e. The molecule has 4 aromatic rings. The highest BCUT2D eigenvalue weighted by atomic mass is 15.3. The summed E-state index contributed by atoms with van der Waals surface area (Å²) in [6.45, 7) is 1.94. The number of para-hydroxylation sites is 1. The van der Waals surface area contributed by atoms with Crippen LogP contribution in [0, 0.1) is 18.3 Å². The predicted molar refractivity (Wildman–Crippen MR) is 105 cm³/mol. The van der Waals surface area contributed by atoms with Crippen molar-refractivity contribution in [1.29, 1.82) is 5.26 Å². The van der Waals surface area contributed by atoms with E-state index < -0.39 is 0 Å². The third-order valence-corrected chi connectivity index (χ3v) is 4.42. The quantitative estimate of drug-likeness (QED) is 0.348. The van der Waals surface area contributed by atoms with Gasteiger partial charge in [0.1, 0.15) is 0 Å². The number of nitriles is 1. The fourth-order valence-corrected chi connectivity index (χ4v) is 3.16. The lowest BCUT2D eigenvalue weighted by Crippen LogP contribution is -2.08. The van der Waals surface area contributed by atoms with Gasteiger partial charge in [0.05, 0.1) is 34.1 Å². The van der Waals surface area contributed by atoms with Crippen LogP contribution in [-0.4, -0.2) is 20.5 Å². The van der Waals surface area contributed by atoms with Crippen LogP contribution < -0.4 is 5.84 Å². The van der Waals surface area contributed by atoms with E-state index in [-0.39, 0.29) is 0 Å². The predicted octanol–water partition coefficient (Wildman–Crippen LogP) is 3.31. The van der Waals surface area contributed by atoms with E-state index in [4.69, 9.17) is 11.1 Å². The first-order valence-corrected chi connectivity index (χ1v) is 8.41. The van der Waals surface area contributed by atoms with E-state index in [1.54, 1.807) is 18.3 Å². The number of hydrogen-bond acceptors (Lipinski definition) is 5. The van der Waals surface area contributed by atoms with Crippen LogP contribution in [-0.2, 0) is 0 Å². The summed E-state index contributed by atoms with van der Waals surface area (Å²) in [7, 11) is 0. The molecule has 0 bridgehead atoms. The van der Waals surface area contributed by atoms with Crippen molar-refractivity contribution in [3.05, 3.63) is 89.2 Å². The molecule has 6 nitrogen and oxygen atoms in total. The molecule has 0 aliphatic carbocycles. The Bertz CT molecular complexity index is 1180. The summed E-state index contributed by atoms with van der Waals surface area (Å²) in [5.41, 5.74) is 5.41. The molecular weight excluding hydrogens is 336 g/mol. The molecule has 0 atom stereocenters. The molecular formula is C21H16N6. The zero-order valence-electron chi connectivity index (χ0n) is 14.7. The Morgan fingerprint density at radius 2 is 1.81 bits per heavy atom. The van der Waals surface area contributed by atoms with Crippen LogP contribution in [0.15, 0.2) is 72.0 Å². The Balaban J connectivity index is 1.92. The van der Waals surface area contributed by atoms with E-state index in [9.17, 15) is 0 Å². The van der Waals surface area contributed by atoms with Gasteiger partial charge in [0, 0.05) is 17.3 Å². The lowest BCUT2D eigenvalue weighted by molar-refractivity contribution is 0.878. The molecule has 27 heavy (non-hydrogen) atoms. The number of pyridine rings is 1. The number of aromatic nitrogens is 3. The van der Waals surface area contributed by atoms with E-state index in [1.165, 1.54) is 0 Å². The van der Waals surface area contributed by atoms with Gasteiger partial charge in [-0.15, -0.1) is 0 Å². The molecule has 0 fully saturated rings. The number of benzene rings is 2. The number of hydrogen-bond donors (Lipinski definition) is 1. The summed E-state index contributed by atoms with van der Waals surface area (Å²) in [4.78, 5) is 4.54. The molecule has 2 N–H and O–H groups in total. The Labute approximate surface area is 156 Å². The highest BCUT2D eigenvalue weighted by Gasteiger charge is 2.18. The van der Waals surface area contributed by atoms with Crippen molar-refractivity contribution in [2.24, 2.45) is 10.9 Å². The molecule has 130 valence electrons. The van der Waals surface area contributed by atoms with Crippen LogP contribution in [0.25, 0.3) is 16.7 Å². The minimum Gasteiger partial charge on any atom is -0.323 e. The molecule has 0 spiro atoms. The van der Waals surface area contributed by atoms with Crippen molar-refractivity contribution >= 4 is 16.7 Å². The van der Waals surface area contributed by atoms with E-state index in [0.717, 1.165) is 33.5 Å². The first kappa shape index (κ1) is 16.5. The molecule has 2 heterocycles. The molecule has 0 aliphatic rings. The summed E-state index contributed by atoms with van der Waals surface area (Å²) in [6, 6.07) is 21.0. The average molecular weight is 352 g/mol. The molecule has 0 saturated heterocycles. The van der Waals surface area contributed by atoms with Gasteiger partial charge in [-0.05, 0) is 37.3 Å². The van der Waals surface area contributed by atoms with Gasteiger partial charge in [-0.3, -0.25) is 0 Å². The van der Waals surface area contributed by atoms with Crippen LogP contribution >= 0.6 is 0 Å². The Hall–Kier alpha value is -3.98. The minimum atomic E-state index is 0.586. The summed E-state index contributed by atoms with van der Waals surface area (Å²) >= 11 is 0. The van der Waals surface area contributed by atoms with Gasteiger partial charge in [0.15, 0.2) is 5.65 Å². The maximum absolute atomic E-state index is 9.01. The van der Waals surface area contributed by atoms with Crippen LogP contribution in [0.3, 0.4) is 0 Å². The second-order valence-electron chi connectivity index (χ2n) is 6.06. The van der Waals surface area contributed by atoms with Crippen molar-refractivity contribution in [2.75, 3.05) is 0 Å². The molecule has 2 aromatic heterocycles. The van der Waals surface area contributed by atoms with Crippen LogP contribution in [0.5, 0.6) is 0 Å². The van der Waals surface area contributed by atoms with E-state index >= 15 is 0 Å². The normalized spacial score (nSPS) is 11.5. The second-order valence-corrected chi connectivity index (χ2v) is 6.06. The zero-order valence-corrected chi connectivity index (χ0v) is 14.7.